The Balaban J connectivity index is 1.60. The molecular weight excluding hydrogens is 526 g/mol. The van der Waals surface area contributed by atoms with Crippen LogP contribution in [0.2, 0.25) is 0 Å². The van der Waals surface area contributed by atoms with Crippen molar-refractivity contribution in [1.82, 2.24) is 4.90 Å². The van der Waals surface area contributed by atoms with Crippen LogP contribution in [0.3, 0.4) is 0 Å². The number of imide groups is 1. The minimum Gasteiger partial charge on any atom is -0.493 e. The van der Waals surface area contributed by atoms with Gasteiger partial charge >= 0.3 is 0 Å². The van der Waals surface area contributed by atoms with E-state index in [-0.39, 0.29) is 17.7 Å². The fourth-order valence-corrected chi connectivity index (χ4v) is 4.95. The van der Waals surface area contributed by atoms with Gasteiger partial charge < -0.3 is 9.47 Å². The first-order chi connectivity index (χ1) is 17.0. The number of amides is 2. The molecule has 1 aliphatic rings. The van der Waals surface area contributed by atoms with Crippen LogP contribution in [-0.2, 0) is 24.4 Å². The summed E-state index contributed by atoms with van der Waals surface area (Å²) in [7, 11) is 1.58. The Kier molecular flexibility index (Phi) is 8.10. The van der Waals surface area contributed by atoms with Gasteiger partial charge in [0.15, 0.2) is 11.5 Å². The van der Waals surface area contributed by atoms with Crippen LogP contribution < -0.4 is 9.47 Å². The summed E-state index contributed by atoms with van der Waals surface area (Å²) >= 11 is 4.42. The predicted molar refractivity (Wildman–Crippen MR) is 143 cm³/mol. The van der Waals surface area contributed by atoms with Crippen LogP contribution in [0.4, 0.5) is 4.79 Å². The molecule has 0 aliphatic carbocycles. The highest BCUT2D eigenvalue weighted by Crippen LogP contribution is 2.38. The van der Waals surface area contributed by atoms with Crippen molar-refractivity contribution in [2.24, 2.45) is 0 Å². The molecule has 0 atom stereocenters. The third kappa shape index (κ3) is 5.86. The van der Waals surface area contributed by atoms with E-state index in [0.29, 0.717) is 29.4 Å². The Morgan fingerprint density at radius 2 is 1.77 bits per heavy atom. The highest BCUT2D eigenvalue weighted by atomic mass is 79.9. The summed E-state index contributed by atoms with van der Waals surface area (Å²) in [5, 5.41) is -0.293. The number of thioether (sulfide) groups is 1. The van der Waals surface area contributed by atoms with Crippen molar-refractivity contribution in [3.63, 3.8) is 0 Å². The Bertz CT molecular complexity index is 1290. The second kappa shape index (κ2) is 11.4. The van der Waals surface area contributed by atoms with Gasteiger partial charge in [0.2, 0.25) is 0 Å². The van der Waals surface area contributed by atoms with Crippen LogP contribution in [0.5, 0.6) is 11.5 Å². The lowest BCUT2D eigenvalue weighted by molar-refractivity contribution is -0.123. The Morgan fingerprint density at radius 3 is 2.49 bits per heavy atom. The number of ether oxygens (including phenoxy) is 2. The molecule has 178 valence electrons. The minimum absolute atomic E-state index is 0.209. The standard InChI is InChI=1S/C28H24BrNO4S/c1-3-9-21-14-20(15-24(33-2)26(21)34-18-19-10-5-4-6-11-19)16-25-27(31)30(28(32)35-25)17-22-12-7-8-13-23(22)29/h3-8,10-16H,1,9,17-18H2,2H3/b25-16-. The summed E-state index contributed by atoms with van der Waals surface area (Å²) in [6.45, 7) is 4.46. The number of allylic oxidation sites excluding steroid dienone is 1. The first-order valence-corrected chi connectivity index (χ1v) is 12.6. The van der Waals surface area contributed by atoms with Gasteiger partial charge in [-0.2, -0.15) is 0 Å². The molecule has 0 saturated carbocycles. The SMILES string of the molecule is C=CCc1cc(/C=C2\SC(=O)N(Cc3ccccc3Br)C2=O)cc(OC)c1OCc1ccccc1. The van der Waals surface area contributed by atoms with Gasteiger partial charge in [0.05, 0.1) is 18.6 Å². The molecule has 0 aromatic heterocycles. The van der Waals surface area contributed by atoms with E-state index in [1.165, 1.54) is 4.90 Å². The van der Waals surface area contributed by atoms with Gasteiger partial charge in [0.1, 0.15) is 6.61 Å². The summed E-state index contributed by atoms with van der Waals surface area (Å²) in [4.78, 5) is 27.3. The molecule has 1 aliphatic heterocycles. The predicted octanol–water partition coefficient (Wildman–Crippen LogP) is 7.00. The molecule has 1 fully saturated rings. The number of hydrogen-bond donors (Lipinski definition) is 0. The van der Waals surface area contributed by atoms with E-state index in [0.717, 1.165) is 38.5 Å². The lowest BCUT2D eigenvalue weighted by atomic mass is 10.0. The number of rotatable bonds is 9. The zero-order chi connectivity index (χ0) is 24.8. The largest absolute Gasteiger partial charge is 0.493 e. The Morgan fingerprint density at radius 1 is 1.03 bits per heavy atom. The van der Waals surface area contributed by atoms with E-state index < -0.39 is 0 Å². The smallest absolute Gasteiger partial charge is 0.293 e. The average molecular weight is 550 g/mol. The third-order valence-electron chi connectivity index (χ3n) is 5.42. The molecule has 0 radical (unpaired) electrons. The van der Waals surface area contributed by atoms with Crippen LogP contribution >= 0.6 is 27.7 Å². The molecular formula is C28H24BrNO4S. The molecule has 3 aromatic rings. The maximum atomic E-state index is 13.1. The van der Waals surface area contributed by atoms with E-state index in [1.54, 1.807) is 19.3 Å². The molecule has 3 aromatic carbocycles. The van der Waals surface area contributed by atoms with E-state index in [9.17, 15) is 9.59 Å². The number of methoxy groups -OCH3 is 1. The van der Waals surface area contributed by atoms with Crippen LogP contribution in [0.1, 0.15) is 22.3 Å². The van der Waals surface area contributed by atoms with Crippen molar-refractivity contribution in [2.45, 2.75) is 19.6 Å². The van der Waals surface area contributed by atoms with Crippen molar-refractivity contribution in [3.8, 4) is 11.5 Å². The Hall–Kier alpha value is -3.29. The second-order valence-corrected chi connectivity index (χ2v) is 9.69. The van der Waals surface area contributed by atoms with Crippen molar-refractivity contribution in [2.75, 3.05) is 7.11 Å². The lowest BCUT2D eigenvalue weighted by Gasteiger charge is -2.16. The number of benzene rings is 3. The highest BCUT2D eigenvalue weighted by Gasteiger charge is 2.35. The van der Waals surface area contributed by atoms with E-state index in [2.05, 4.69) is 22.5 Å². The van der Waals surface area contributed by atoms with Gasteiger partial charge in [-0.05, 0) is 59.1 Å². The lowest BCUT2D eigenvalue weighted by Crippen LogP contribution is -2.27. The first-order valence-electron chi connectivity index (χ1n) is 11.0. The average Bonchev–Trinajstić information content (AvgIpc) is 3.12. The van der Waals surface area contributed by atoms with Crippen LogP contribution in [0.15, 0.2) is 88.8 Å². The molecule has 0 N–H and O–H groups in total. The second-order valence-electron chi connectivity index (χ2n) is 7.84. The molecule has 1 saturated heterocycles. The zero-order valence-electron chi connectivity index (χ0n) is 19.2. The van der Waals surface area contributed by atoms with Crippen LogP contribution in [-0.4, -0.2) is 23.2 Å². The molecule has 0 unspecified atom stereocenters. The summed E-state index contributed by atoms with van der Waals surface area (Å²) in [5.41, 5.74) is 3.54. The van der Waals surface area contributed by atoms with Crippen molar-refractivity contribution in [3.05, 3.63) is 111 Å². The van der Waals surface area contributed by atoms with E-state index in [4.69, 9.17) is 9.47 Å². The van der Waals surface area contributed by atoms with Crippen molar-refractivity contribution in [1.29, 1.82) is 0 Å². The summed E-state index contributed by atoms with van der Waals surface area (Å²) in [6, 6.07) is 21.2. The topological polar surface area (TPSA) is 55.8 Å². The number of halogens is 1. The summed E-state index contributed by atoms with van der Waals surface area (Å²) < 4.78 is 12.6. The fraction of sp³-hybridized carbons (Fsp3) is 0.143. The first kappa shape index (κ1) is 24.8. The fourth-order valence-electron chi connectivity index (χ4n) is 3.70. The van der Waals surface area contributed by atoms with Gasteiger partial charge in [-0.15, -0.1) is 6.58 Å². The zero-order valence-corrected chi connectivity index (χ0v) is 21.6. The molecule has 4 rings (SSSR count). The molecule has 0 spiro atoms. The molecule has 1 heterocycles. The highest BCUT2D eigenvalue weighted by molar-refractivity contribution is 9.10. The normalized spacial score (nSPS) is 14.5. The van der Waals surface area contributed by atoms with Crippen LogP contribution in [0, 0.1) is 0 Å². The third-order valence-corrected chi connectivity index (χ3v) is 7.10. The molecule has 5 nitrogen and oxygen atoms in total. The minimum atomic E-state index is -0.315. The number of nitrogens with zero attached hydrogens (tertiary/aromatic N) is 1. The molecule has 2 amide bonds. The quantitative estimate of drug-likeness (QED) is 0.212. The molecule has 0 bridgehead atoms. The molecule has 7 heteroatoms. The van der Waals surface area contributed by atoms with Gasteiger partial charge in [-0.25, -0.2) is 0 Å². The maximum absolute atomic E-state index is 13.1. The summed E-state index contributed by atoms with van der Waals surface area (Å²) in [6.07, 6.45) is 4.08. The Labute approximate surface area is 217 Å². The van der Waals surface area contributed by atoms with Gasteiger partial charge in [-0.3, -0.25) is 14.5 Å². The van der Waals surface area contributed by atoms with E-state index in [1.807, 2.05) is 66.7 Å². The van der Waals surface area contributed by atoms with Crippen molar-refractivity contribution >= 4 is 44.9 Å². The van der Waals surface area contributed by atoms with Gasteiger partial charge in [0.25, 0.3) is 11.1 Å². The van der Waals surface area contributed by atoms with Gasteiger partial charge in [-0.1, -0.05) is 70.5 Å². The number of hydrogen-bond acceptors (Lipinski definition) is 5. The number of carbonyl (C=O) groups excluding carboxylic acids is 2. The summed E-state index contributed by atoms with van der Waals surface area (Å²) in [5.74, 6) is 0.874. The van der Waals surface area contributed by atoms with Gasteiger partial charge in [0, 0.05) is 10.0 Å². The number of carbonyl (C=O) groups is 2. The van der Waals surface area contributed by atoms with E-state index >= 15 is 0 Å². The van der Waals surface area contributed by atoms with Crippen molar-refractivity contribution < 1.29 is 19.1 Å². The van der Waals surface area contributed by atoms with Crippen LogP contribution in [0.25, 0.3) is 6.08 Å². The molecule has 35 heavy (non-hydrogen) atoms. The monoisotopic (exact) mass is 549 g/mol. The maximum Gasteiger partial charge on any atom is 0.293 e.